The zero-order chi connectivity index (χ0) is 46.7. The van der Waals surface area contributed by atoms with Gasteiger partial charge in [-0.05, 0) is 110 Å². The van der Waals surface area contributed by atoms with Crippen LogP contribution in [0.4, 0.5) is 37.2 Å². The van der Waals surface area contributed by atoms with Crippen molar-refractivity contribution >= 4 is 72.6 Å². The number of nitro groups is 1. The monoisotopic (exact) mass is 958 g/mol. The lowest BCUT2D eigenvalue weighted by Crippen LogP contribution is -2.47. The molecule has 0 atom stereocenters. The number of nitrogens with one attached hydrogen (secondary N) is 3. The van der Waals surface area contributed by atoms with E-state index >= 15 is 0 Å². The van der Waals surface area contributed by atoms with Crippen molar-refractivity contribution in [3.8, 4) is 5.88 Å². The minimum absolute atomic E-state index is 0.0637. The molecule has 9 rings (SSSR count). The molecule has 0 unspecified atom stereocenters. The number of hydrogen-bond acceptors (Lipinski definition) is 12. The van der Waals surface area contributed by atoms with Crippen molar-refractivity contribution in [1.29, 1.82) is 0 Å². The van der Waals surface area contributed by atoms with Crippen molar-refractivity contribution in [2.24, 2.45) is 11.3 Å². The van der Waals surface area contributed by atoms with E-state index in [2.05, 4.69) is 24.8 Å². The first-order chi connectivity index (χ1) is 32.4. The van der Waals surface area contributed by atoms with E-state index in [0.717, 1.165) is 41.1 Å². The van der Waals surface area contributed by atoms with Gasteiger partial charge in [0.25, 0.3) is 21.6 Å². The van der Waals surface area contributed by atoms with Gasteiger partial charge in [-0.3, -0.25) is 28.6 Å². The van der Waals surface area contributed by atoms with Gasteiger partial charge in [-0.1, -0.05) is 29.3 Å². The molecule has 67 heavy (non-hydrogen) atoms. The van der Waals surface area contributed by atoms with Gasteiger partial charge >= 0.3 is 0 Å². The average molecular weight is 960 g/mol. The van der Waals surface area contributed by atoms with E-state index in [9.17, 15) is 32.1 Å². The molecule has 19 heteroatoms. The molecule has 1 aliphatic carbocycles. The molecule has 3 aromatic carbocycles. The highest BCUT2D eigenvalue weighted by Crippen LogP contribution is 2.45. The van der Waals surface area contributed by atoms with Crippen molar-refractivity contribution < 1.29 is 36.4 Å². The quantitative estimate of drug-likeness (QED) is 0.0715. The molecule has 1 amide bonds. The topological polar surface area (TPSA) is 175 Å². The number of aromatic amines is 1. The number of pyridine rings is 1. The fourth-order valence-electron chi connectivity index (χ4n) is 9.55. The summed E-state index contributed by atoms with van der Waals surface area (Å²) in [6.07, 6.45) is 5.30. The Labute approximate surface area is 392 Å². The number of hydrogen-bond donors (Lipinski definition) is 3. The zero-order valence-corrected chi connectivity index (χ0v) is 38.5. The minimum Gasteiger partial charge on any atom is -0.476 e. The molecule has 5 aromatic rings. The van der Waals surface area contributed by atoms with Crippen LogP contribution in [0.5, 0.6) is 5.88 Å². The van der Waals surface area contributed by atoms with Crippen LogP contribution in [0.1, 0.15) is 54.4 Å². The largest absolute Gasteiger partial charge is 0.476 e. The second kappa shape index (κ2) is 19.8. The predicted molar refractivity (Wildman–Crippen MR) is 255 cm³/mol. The third-order valence-electron chi connectivity index (χ3n) is 13.5. The predicted octanol–water partition coefficient (Wildman–Crippen LogP) is 8.69. The summed E-state index contributed by atoms with van der Waals surface area (Å²) >= 11 is 6.21. The van der Waals surface area contributed by atoms with Gasteiger partial charge in [0.2, 0.25) is 5.88 Å². The summed E-state index contributed by atoms with van der Waals surface area (Å²) in [5.74, 6) is -0.307. The summed E-state index contributed by atoms with van der Waals surface area (Å²) in [5.41, 5.74) is 4.33. The maximum Gasteiger partial charge on any atom is 0.293 e. The lowest BCUT2D eigenvalue weighted by Gasteiger charge is -2.40. The Morgan fingerprint density at radius 1 is 0.955 bits per heavy atom. The molecule has 2 fully saturated rings. The number of alkyl halides is 2. The Morgan fingerprint density at radius 3 is 2.48 bits per heavy atom. The number of piperazine rings is 1. The standard InChI is InChI=1S/C48H53ClF2N8O7S/c49-36-4-2-33(3-5-36)40-27-48(30-50,31-51)14-10-35(40)29-56-17-19-57(20-18-56)37-6-8-39(42(25-37)58-16-1-21-66-47-44(58)24-34-11-15-52-45(34)54-47)46(60)55-67(63,64)38-7-9-41(43(26-38)59(61)62)53-28-32-12-22-65-23-13-32/h2-9,11,15,24-26,32,53H,1,10,12-14,16-23,27-31H2,(H,52,54)(H,55,60). The number of H-pyrrole nitrogens is 1. The van der Waals surface area contributed by atoms with Crippen molar-refractivity contribution in [2.75, 3.05) is 94.1 Å². The van der Waals surface area contributed by atoms with Crippen LogP contribution < -0.4 is 24.6 Å². The Hall–Kier alpha value is -5.82. The summed E-state index contributed by atoms with van der Waals surface area (Å²) in [6, 6.07) is 20.1. The first-order valence-corrected chi connectivity index (χ1v) is 24.5. The second-order valence-electron chi connectivity index (χ2n) is 17.9. The number of fused-ring (bicyclic) bond motifs is 2. The third-order valence-corrected chi connectivity index (χ3v) is 15.1. The van der Waals surface area contributed by atoms with Crippen LogP contribution in [0, 0.1) is 21.4 Å². The van der Waals surface area contributed by atoms with Gasteiger partial charge in [0.15, 0.2) is 0 Å². The van der Waals surface area contributed by atoms with Gasteiger partial charge in [-0.15, -0.1) is 0 Å². The van der Waals surface area contributed by atoms with Crippen LogP contribution in [0.2, 0.25) is 5.02 Å². The number of anilines is 4. The number of carbonyl (C=O) groups is 1. The van der Waals surface area contributed by atoms with Crippen LogP contribution in [0.15, 0.2) is 89.5 Å². The summed E-state index contributed by atoms with van der Waals surface area (Å²) in [5, 5.41) is 16.7. The molecule has 0 bridgehead atoms. The number of allylic oxidation sites excluding steroid dienone is 1. The number of carbonyl (C=O) groups excluding carboxylic acids is 1. The van der Waals surface area contributed by atoms with Crippen molar-refractivity contribution in [3.05, 3.63) is 111 Å². The SMILES string of the molecule is O=C(NS(=O)(=O)c1ccc(NCC2CCOCC2)c([N+](=O)[O-])c1)c1ccc(N2CCN(CC3=C(c4ccc(Cl)cc4)CC(CF)(CF)CC3)CC2)cc1N1CCCOc2nc3[nH]ccc3cc21. The van der Waals surface area contributed by atoms with E-state index in [1.54, 1.807) is 30.5 Å². The molecule has 2 aromatic heterocycles. The number of halogens is 3. The summed E-state index contributed by atoms with van der Waals surface area (Å²) in [4.78, 5) is 39.8. The van der Waals surface area contributed by atoms with E-state index in [-0.39, 0.29) is 17.2 Å². The molecular formula is C48H53ClF2N8O7S. The highest BCUT2D eigenvalue weighted by Gasteiger charge is 2.37. The number of aromatic nitrogens is 2. The molecule has 0 radical (unpaired) electrons. The number of amides is 1. The first-order valence-electron chi connectivity index (χ1n) is 22.7. The van der Waals surface area contributed by atoms with Crippen LogP contribution in [-0.2, 0) is 14.8 Å². The van der Waals surface area contributed by atoms with Crippen LogP contribution >= 0.6 is 11.6 Å². The number of sulfonamides is 1. The molecule has 3 aliphatic heterocycles. The van der Waals surface area contributed by atoms with E-state index in [4.69, 9.17) is 26.1 Å². The van der Waals surface area contributed by atoms with Crippen LogP contribution in [-0.4, -0.2) is 113 Å². The Balaban J connectivity index is 0.985. The molecule has 0 saturated carbocycles. The highest BCUT2D eigenvalue weighted by molar-refractivity contribution is 7.90. The van der Waals surface area contributed by atoms with Gasteiger partial charge in [-0.25, -0.2) is 13.1 Å². The molecule has 3 N–H and O–H groups in total. The molecule has 4 aliphatic rings. The molecule has 0 spiro atoms. The molecule has 354 valence electrons. The number of ether oxygens (including phenoxy) is 2. The van der Waals surface area contributed by atoms with E-state index in [1.807, 2.05) is 35.2 Å². The zero-order valence-electron chi connectivity index (χ0n) is 36.9. The summed E-state index contributed by atoms with van der Waals surface area (Å²) in [6.45, 7) is 4.32. The number of rotatable bonds is 14. The van der Waals surface area contributed by atoms with Crippen LogP contribution in [0.25, 0.3) is 16.6 Å². The maximum atomic E-state index is 14.4. The smallest absolute Gasteiger partial charge is 0.293 e. The Morgan fingerprint density at radius 2 is 1.73 bits per heavy atom. The van der Waals surface area contributed by atoms with Gasteiger partial charge in [0.05, 0.1) is 41.0 Å². The summed E-state index contributed by atoms with van der Waals surface area (Å²) < 4.78 is 70.2. The Bertz CT molecular complexity index is 2770. The lowest BCUT2D eigenvalue weighted by atomic mass is 9.71. The third kappa shape index (κ3) is 10.1. The fraction of sp³-hybridized carbons (Fsp3) is 0.417. The van der Waals surface area contributed by atoms with E-state index < -0.39 is 50.2 Å². The number of nitro benzene ring substituents is 1. The van der Waals surface area contributed by atoms with E-state index in [1.165, 1.54) is 17.7 Å². The van der Waals surface area contributed by atoms with Crippen molar-refractivity contribution in [3.63, 3.8) is 0 Å². The average Bonchev–Trinajstić information content (AvgIpc) is 3.71. The number of benzene rings is 3. The molecular weight excluding hydrogens is 906 g/mol. The van der Waals surface area contributed by atoms with Gasteiger partial charge < -0.3 is 29.6 Å². The van der Waals surface area contributed by atoms with Crippen molar-refractivity contribution in [2.45, 2.75) is 43.4 Å². The van der Waals surface area contributed by atoms with Gasteiger partial charge in [-0.2, -0.15) is 4.98 Å². The minimum atomic E-state index is -4.61. The molecule has 2 saturated heterocycles. The van der Waals surface area contributed by atoms with E-state index in [0.29, 0.717) is 119 Å². The van der Waals surface area contributed by atoms with Gasteiger partial charge in [0.1, 0.15) is 17.0 Å². The molecule has 5 heterocycles. The van der Waals surface area contributed by atoms with Crippen LogP contribution in [0.3, 0.4) is 0 Å². The number of nitrogens with zero attached hydrogens (tertiary/aromatic N) is 5. The Kier molecular flexibility index (Phi) is 13.7. The second-order valence-corrected chi connectivity index (χ2v) is 20.0. The normalized spacial score (nSPS) is 18.3. The fourth-order valence-corrected chi connectivity index (χ4v) is 10.7. The van der Waals surface area contributed by atoms with Crippen molar-refractivity contribution in [1.82, 2.24) is 19.6 Å². The summed E-state index contributed by atoms with van der Waals surface area (Å²) in [7, 11) is -4.61. The first kappa shape index (κ1) is 46.3. The molecule has 15 nitrogen and oxygen atoms in total. The van der Waals surface area contributed by atoms with Gasteiger partial charge in [0, 0.05) is 92.8 Å². The lowest BCUT2D eigenvalue weighted by molar-refractivity contribution is -0.384. The highest BCUT2D eigenvalue weighted by atomic mass is 35.5. The maximum absolute atomic E-state index is 14.4.